The van der Waals surface area contributed by atoms with E-state index in [0.717, 1.165) is 0 Å². The van der Waals surface area contributed by atoms with Crippen molar-refractivity contribution >= 4 is 23.4 Å². The van der Waals surface area contributed by atoms with E-state index < -0.39 is 17.5 Å². The lowest BCUT2D eigenvalue weighted by Crippen LogP contribution is -2.15. The highest BCUT2D eigenvalue weighted by Gasteiger charge is 2.24. The number of halogens is 1. The highest BCUT2D eigenvalue weighted by Crippen LogP contribution is 2.38. The summed E-state index contributed by atoms with van der Waals surface area (Å²) in [5.41, 5.74) is 0.0968. The number of carboxylic acid groups (broad SMARTS) is 1. The molecule has 0 unspecified atom stereocenters. The first-order valence-electron chi connectivity index (χ1n) is 4.23. The van der Waals surface area contributed by atoms with Gasteiger partial charge in [0.05, 0.1) is 17.7 Å². The molecule has 6 heteroatoms. The van der Waals surface area contributed by atoms with E-state index in [4.69, 9.17) is 21.4 Å². The Morgan fingerprint density at radius 3 is 2.44 bits per heavy atom. The standard InChI is InChI=1S/C10H9ClO5/c1-4-3-5(16-2)8(12)7(11)6(4)9(13)10(14)15/h3,12H,1-2H3,(H,14,15). The van der Waals surface area contributed by atoms with E-state index in [1.165, 1.54) is 20.1 Å². The summed E-state index contributed by atoms with van der Waals surface area (Å²) in [4.78, 5) is 21.9. The van der Waals surface area contributed by atoms with Crippen LogP contribution >= 0.6 is 11.6 Å². The molecule has 5 nitrogen and oxygen atoms in total. The van der Waals surface area contributed by atoms with Gasteiger partial charge in [0.2, 0.25) is 0 Å². The SMILES string of the molecule is COc1cc(C)c(C(=O)C(=O)O)c(Cl)c1O. The number of phenols is 1. The second kappa shape index (κ2) is 4.40. The molecule has 0 aliphatic rings. The molecule has 0 heterocycles. The van der Waals surface area contributed by atoms with Crippen LogP contribution in [-0.2, 0) is 4.79 Å². The first-order chi connectivity index (χ1) is 7.40. The van der Waals surface area contributed by atoms with Gasteiger partial charge in [-0.2, -0.15) is 0 Å². The molecule has 1 aromatic carbocycles. The van der Waals surface area contributed by atoms with Crippen LogP contribution in [0.1, 0.15) is 15.9 Å². The van der Waals surface area contributed by atoms with Crippen LogP contribution in [0.15, 0.2) is 6.07 Å². The topological polar surface area (TPSA) is 83.8 Å². The summed E-state index contributed by atoms with van der Waals surface area (Å²) >= 11 is 5.71. The zero-order valence-electron chi connectivity index (χ0n) is 8.57. The number of aryl methyl sites for hydroxylation is 1. The maximum absolute atomic E-state index is 11.3. The quantitative estimate of drug-likeness (QED) is 0.624. The van der Waals surface area contributed by atoms with Gasteiger partial charge < -0.3 is 14.9 Å². The molecule has 0 aromatic heterocycles. The number of carbonyl (C=O) groups excluding carboxylic acids is 1. The molecule has 86 valence electrons. The van der Waals surface area contributed by atoms with Gasteiger partial charge in [0.1, 0.15) is 0 Å². The Morgan fingerprint density at radius 1 is 1.44 bits per heavy atom. The van der Waals surface area contributed by atoms with E-state index in [0.29, 0.717) is 5.56 Å². The molecule has 2 N–H and O–H groups in total. The monoisotopic (exact) mass is 244 g/mol. The second-order valence-corrected chi connectivity index (χ2v) is 3.45. The Bertz CT molecular complexity index is 467. The molecule has 0 bridgehead atoms. The third-order valence-corrected chi connectivity index (χ3v) is 2.41. The van der Waals surface area contributed by atoms with Crippen molar-refractivity contribution in [1.82, 2.24) is 0 Å². The van der Waals surface area contributed by atoms with Crippen molar-refractivity contribution < 1.29 is 24.5 Å². The predicted molar refractivity (Wildman–Crippen MR) is 56.4 cm³/mol. The van der Waals surface area contributed by atoms with E-state index >= 15 is 0 Å². The molecular weight excluding hydrogens is 236 g/mol. The number of hydrogen-bond acceptors (Lipinski definition) is 4. The summed E-state index contributed by atoms with van der Waals surface area (Å²) in [6, 6.07) is 1.34. The number of phenolic OH excluding ortho intramolecular Hbond substituents is 1. The molecule has 0 fully saturated rings. The molecule has 0 aliphatic heterocycles. The van der Waals surface area contributed by atoms with Crippen molar-refractivity contribution in [3.05, 3.63) is 22.2 Å². The number of Topliss-reactive ketones (excluding diaryl/α,β-unsaturated/α-hetero) is 1. The van der Waals surface area contributed by atoms with Crippen molar-refractivity contribution in [1.29, 1.82) is 0 Å². The van der Waals surface area contributed by atoms with Gasteiger partial charge in [-0.15, -0.1) is 0 Å². The Kier molecular flexibility index (Phi) is 3.39. The van der Waals surface area contributed by atoms with Crippen molar-refractivity contribution in [3.63, 3.8) is 0 Å². The van der Waals surface area contributed by atoms with Gasteiger partial charge >= 0.3 is 5.97 Å². The third kappa shape index (κ3) is 1.94. The predicted octanol–water partition coefficient (Wildman–Crippen LogP) is 1.63. The van der Waals surface area contributed by atoms with E-state index in [2.05, 4.69) is 0 Å². The fourth-order valence-corrected chi connectivity index (χ4v) is 1.61. The van der Waals surface area contributed by atoms with Crippen LogP contribution in [0.4, 0.5) is 0 Å². The van der Waals surface area contributed by atoms with Gasteiger partial charge in [0.15, 0.2) is 11.5 Å². The molecule has 0 saturated carbocycles. The maximum Gasteiger partial charge on any atom is 0.377 e. The average molecular weight is 245 g/mol. The maximum atomic E-state index is 11.3. The Balaban J connectivity index is 3.48. The Morgan fingerprint density at radius 2 is 2.00 bits per heavy atom. The smallest absolute Gasteiger partial charge is 0.377 e. The molecule has 1 aromatic rings. The minimum atomic E-state index is -1.63. The number of ether oxygens (including phenoxy) is 1. The lowest BCUT2D eigenvalue weighted by atomic mass is 10.0. The fraction of sp³-hybridized carbons (Fsp3) is 0.200. The minimum absolute atomic E-state index is 0.0874. The summed E-state index contributed by atoms with van der Waals surface area (Å²) in [7, 11) is 1.32. The zero-order chi connectivity index (χ0) is 12.5. The van der Waals surface area contributed by atoms with Crippen LogP contribution in [0.2, 0.25) is 5.02 Å². The highest BCUT2D eigenvalue weighted by molar-refractivity contribution is 6.46. The number of benzene rings is 1. The van der Waals surface area contributed by atoms with Crippen molar-refractivity contribution in [2.75, 3.05) is 7.11 Å². The van der Waals surface area contributed by atoms with Crippen molar-refractivity contribution in [3.8, 4) is 11.5 Å². The normalized spacial score (nSPS) is 9.94. The first-order valence-corrected chi connectivity index (χ1v) is 4.61. The van der Waals surface area contributed by atoms with Crippen LogP contribution in [0.3, 0.4) is 0 Å². The summed E-state index contributed by atoms with van der Waals surface area (Å²) in [5.74, 6) is -3.15. The molecule has 0 atom stereocenters. The lowest BCUT2D eigenvalue weighted by Gasteiger charge is -2.10. The number of hydrogen-bond donors (Lipinski definition) is 2. The Labute approximate surface area is 96.2 Å². The number of methoxy groups -OCH3 is 1. The summed E-state index contributed by atoms with van der Waals surface area (Å²) in [5, 5.41) is 17.8. The summed E-state index contributed by atoms with van der Waals surface area (Å²) < 4.78 is 4.81. The number of carbonyl (C=O) groups is 2. The minimum Gasteiger partial charge on any atom is -0.503 e. The van der Waals surface area contributed by atoms with Gasteiger partial charge in [-0.1, -0.05) is 11.6 Å². The second-order valence-electron chi connectivity index (χ2n) is 3.07. The molecule has 1 rings (SSSR count). The van der Waals surface area contributed by atoms with E-state index in [-0.39, 0.29) is 16.3 Å². The highest BCUT2D eigenvalue weighted by atomic mass is 35.5. The average Bonchev–Trinajstić information content (AvgIpc) is 2.23. The summed E-state index contributed by atoms with van der Waals surface area (Å²) in [6.07, 6.45) is 0. The molecule has 0 aliphatic carbocycles. The van der Waals surface area contributed by atoms with Crippen LogP contribution < -0.4 is 4.74 Å². The lowest BCUT2D eigenvalue weighted by molar-refractivity contribution is -0.131. The van der Waals surface area contributed by atoms with Gasteiger partial charge in [-0.3, -0.25) is 4.79 Å². The number of rotatable bonds is 3. The molecule has 0 amide bonds. The largest absolute Gasteiger partial charge is 0.503 e. The number of ketones is 1. The molecule has 0 radical (unpaired) electrons. The molecule has 16 heavy (non-hydrogen) atoms. The van der Waals surface area contributed by atoms with Crippen LogP contribution in [0, 0.1) is 6.92 Å². The third-order valence-electron chi connectivity index (χ3n) is 2.04. The Hall–Kier alpha value is -1.75. The molecule has 0 spiro atoms. The van der Waals surface area contributed by atoms with Gasteiger partial charge in [-0.05, 0) is 18.6 Å². The van der Waals surface area contributed by atoms with E-state index in [1.54, 1.807) is 0 Å². The fourth-order valence-electron chi connectivity index (χ4n) is 1.28. The van der Waals surface area contributed by atoms with Crippen molar-refractivity contribution in [2.24, 2.45) is 0 Å². The van der Waals surface area contributed by atoms with E-state index in [9.17, 15) is 14.7 Å². The van der Waals surface area contributed by atoms with Crippen LogP contribution in [-0.4, -0.2) is 29.1 Å². The molecule has 0 saturated heterocycles. The number of carboxylic acids is 1. The van der Waals surface area contributed by atoms with Crippen molar-refractivity contribution in [2.45, 2.75) is 6.92 Å². The van der Waals surface area contributed by atoms with Gasteiger partial charge in [0.25, 0.3) is 5.78 Å². The molecular formula is C10H9ClO5. The summed E-state index contributed by atoms with van der Waals surface area (Å²) in [6.45, 7) is 1.50. The first kappa shape index (κ1) is 12.3. The number of aromatic hydroxyl groups is 1. The van der Waals surface area contributed by atoms with Gasteiger partial charge in [-0.25, -0.2) is 4.79 Å². The van der Waals surface area contributed by atoms with Crippen LogP contribution in [0.5, 0.6) is 11.5 Å². The zero-order valence-corrected chi connectivity index (χ0v) is 9.33. The van der Waals surface area contributed by atoms with Gasteiger partial charge in [0, 0.05) is 0 Å². The number of aliphatic carboxylic acids is 1. The van der Waals surface area contributed by atoms with E-state index in [1.807, 2.05) is 0 Å². The van der Waals surface area contributed by atoms with Crippen LogP contribution in [0.25, 0.3) is 0 Å².